The lowest BCUT2D eigenvalue weighted by Gasteiger charge is -2.19. The molecule has 0 saturated carbocycles. The molecule has 0 aliphatic heterocycles. The third-order valence-corrected chi connectivity index (χ3v) is 9.68. The second kappa shape index (κ2) is 9.67. The van der Waals surface area contributed by atoms with Crippen molar-refractivity contribution in [2.24, 2.45) is 0 Å². The van der Waals surface area contributed by atoms with Crippen LogP contribution in [0.15, 0.2) is 140 Å². The quantitative estimate of drug-likeness (QED) is 0.157. The third kappa shape index (κ3) is 4.26. The van der Waals surface area contributed by atoms with Crippen LogP contribution in [0, 0.1) is 0 Å². The van der Waals surface area contributed by atoms with Crippen LogP contribution in [0.1, 0.15) is 0 Å². The van der Waals surface area contributed by atoms with E-state index in [9.17, 15) is 0 Å². The average molecular weight is 531 g/mol. The molecule has 0 atom stereocenters. The van der Waals surface area contributed by atoms with Crippen molar-refractivity contribution in [1.82, 2.24) is 0 Å². The van der Waals surface area contributed by atoms with Crippen LogP contribution in [0.3, 0.4) is 0 Å². The van der Waals surface area contributed by atoms with Gasteiger partial charge in [-0.05, 0) is 103 Å². The summed E-state index contributed by atoms with van der Waals surface area (Å²) < 4.78 is 0. The molecule has 192 valence electrons. The Bertz CT molecular complexity index is 2050. The molecular weight excluding hydrogens is 499 g/mol. The first-order chi connectivity index (χ1) is 19.5. The molecular formula is C39H31P. The van der Waals surface area contributed by atoms with E-state index in [2.05, 4.69) is 159 Å². The number of fused-ring (bicyclic) bond motifs is 3. The molecule has 0 nitrogen and oxygen atoms in total. The van der Waals surface area contributed by atoms with E-state index in [1.807, 2.05) is 0 Å². The Balaban J connectivity index is 1.50. The maximum Gasteiger partial charge on any atom is -0.00262 e. The molecule has 0 spiro atoms. The van der Waals surface area contributed by atoms with Gasteiger partial charge in [0.1, 0.15) is 0 Å². The maximum absolute atomic E-state index is 4.47. The van der Waals surface area contributed by atoms with Crippen LogP contribution in [0.2, 0.25) is 0 Å². The normalized spacial score (nSPS) is 11.8. The van der Waals surface area contributed by atoms with Gasteiger partial charge in [-0.2, -0.15) is 0 Å². The molecule has 0 unspecified atom stereocenters. The van der Waals surface area contributed by atoms with Crippen molar-refractivity contribution in [3.63, 3.8) is 0 Å². The zero-order valence-corrected chi connectivity index (χ0v) is 23.8. The van der Waals surface area contributed by atoms with Gasteiger partial charge < -0.3 is 0 Å². The number of hydrogen-bond acceptors (Lipinski definition) is 0. The summed E-state index contributed by atoms with van der Waals surface area (Å²) >= 11 is 0. The smallest absolute Gasteiger partial charge is 0.00262 e. The van der Waals surface area contributed by atoms with Crippen LogP contribution in [-0.4, -0.2) is 19.6 Å². The zero-order chi connectivity index (χ0) is 27.3. The molecule has 0 amide bonds. The van der Waals surface area contributed by atoms with Gasteiger partial charge in [-0.15, -0.1) is 0 Å². The maximum atomic E-state index is 4.47. The van der Waals surface area contributed by atoms with E-state index in [1.54, 1.807) is 0 Å². The van der Waals surface area contributed by atoms with Gasteiger partial charge in [-0.25, -0.2) is 0 Å². The Morgan fingerprint density at radius 3 is 1.48 bits per heavy atom. The Kier molecular flexibility index (Phi) is 5.96. The molecule has 7 aromatic rings. The molecule has 0 aromatic heterocycles. The highest BCUT2D eigenvalue weighted by molar-refractivity contribution is 7.79. The second-order valence-electron chi connectivity index (χ2n) is 11.2. The van der Waals surface area contributed by atoms with Crippen LogP contribution in [0.5, 0.6) is 0 Å². The highest BCUT2D eigenvalue weighted by Gasteiger charge is 2.17. The summed E-state index contributed by atoms with van der Waals surface area (Å²) in [4.78, 5) is 0. The molecule has 40 heavy (non-hydrogen) atoms. The molecule has 0 heterocycles. The Morgan fingerprint density at radius 1 is 0.400 bits per heavy atom. The minimum absolute atomic E-state index is 1.24. The van der Waals surface area contributed by atoms with Crippen molar-refractivity contribution in [3.8, 4) is 33.4 Å². The summed E-state index contributed by atoms with van der Waals surface area (Å²) in [5, 5.41) is 9.00. The summed E-state index contributed by atoms with van der Waals surface area (Å²) in [5.41, 5.74) is 7.56. The first kappa shape index (κ1) is 24.6. The van der Waals surface area contributed by atoms with Gasteiger partial charge in [0.2, 0.25) is 0 Å². The van der Waals surface area contributed by atoms with Crippen molar-refractivity contribution < 1.29 is 0 Å². The van der Waals surface area contributed by atoms with E-state index in [0.29, 0.717) is 0 Å². The molecule has 0 radical (unpaired) electrons. The highest BCUT2D eigenvalue weighted by atomic mass is 31.2. The van der Waals surface area contributed by atoms with Gasteiger partial charge in [0.05, 0.1) is 0 Å². The van der Waals surface area contributed by atoms with E-state index in [4.69, 9.17) is 0 Å². The first-order valence-corrected chi connectivity index (χ1v) is 16.7. The lowest BCUT2D eigenvalue weighted by atomic mass is 9.85. The summed E-state index contributed by atoms with van der Waals surface area (Å²) in [6.45, 7) is 3.20. The van der Waals surface area contributed by atoms with Crippen LogP contribution < -0.4 is 5.30 Å². The van der Waals surface area contributed by atoms with E-state index in [1.165, 1.54) is 71.0 Å². The minimum atomic E-state index is -1.35. The fourth-order valence-corrected chi connectivity index (χ4v) is 6.99. The molecule has 0 aliphatic rings. The van der Waals surface area contributed by atoms with Crippen molar-refractivity contribution in [2.45, 2.75) is 0 Å². The van der Waals surface area contributed by atoms with E-state index in [-0.39, 0.29) is 0 Å². The first-order valence-electron chi connectivity index (χ1n) is 13.8. The van der Waals surface area contributed by atoms with Gasteiger partial charge in [0.25, 0.3) is 0 Å². The zero-order valence-electron chi connectivity index (χ0n) is 22.9. The van der Waals surface area contributed by atoms with Crippen LogP contribution in [0.4, 0.5) is 0 Å². The van der Waals surface area contributed by atoms with Gasteiger partial charge >= 0.3 is 0 Å². The Hall–Kier alpha value is -4.38. The standard InChI is InChI=1S/C39H31P/c1-40(2,3)33-17-11-15-30(26-33)29-14-10-16-31(25-29)38-34-18-6-8-20-36(34)39(37-21-9-7-19-35(37)38)32-23-22-27-12-4-5-13-28(27)24-32/h4-26H,1H2,2-3H3. The fourth-order valence-electron chi connectivity index (χ4n) is 6.01. The van der Waals surface area contributed by atoms with Crippen molar-refractivity contribution in [3.05, 3.63) is 140 Å². The molecule has 0 aliphatic carbocycles. The van der Waals surface area contributed by atoms with Gasteiger partial charge in [0.15, 0.2) is 0 Å². The number of benzene rings is 7. The van der Waals surface area contributed by atoms with E-state index in [0.717, 1.165) is 0 Å². The number of hydrogen-bond donors (Lipinski definition) is 0. The number of rotatable bonds is 4. The topological polar surface area (TPSA) is 0 Å². The SMILES string of the molecule is C=P(C)(C)c1cccc(-c2cccc(-c3c4ccccc4c(-c4ccc5ccccc5c4)c4ccccc34)c2)c1. The van der Waals surface area contributed by atoms with Crippen molar-refractivity contribution in [2.75, 3.05) is 13.3 Å². The van der Waals surface area contributed by atoms with Gasteiger partial charge in [-0.3, -0.25) is 0 Å². The highest BCUT2D eigenvalue weighted by Crippen LogP contribution is 2.44. The molecule has 0 N–H and O–H groups in total. The molecule has 0 saturated heterocycles. The van der Waals surface area contributed by atoms with E-state index < -0.39 is 6.89 Å². The molecule has 7 rings (SSSR count). The van der Waals surface area contributed by atoms with Crippen LogP contribution >= 0.6 is 6.89 Å². The Morgan fingerprint density at radius 2 is 0.875 bits per heavy atom. The second-order valence-corrected chi connectivity index (χ2v) is 15.1. The average Bonchev–Trinajstić information content (AvgIpc) is 2.99. The predicted octanol–water partition coefficient (Wildman–Crippen LogP) is 10.5. The van der Waals surface area contributed by atoms with Gasteiger partial charge in [-0.1, -0.05) is 135 Å². The van der Waals surface area contributed by atoms with Crippen LogP contribution in [0.25, 0.3) is 65.7 Å². The third-order valence-electron chi connectivity index (χ3n) is 8.00. The predicted molar refractivity (Wildman–Crippen MR) is 181 cm³/mol. The lowest BCUT2D eigenvalue weighted by Crippen LogP contribution is -2.02. The summed E-state index contributed by atoms with van der Waals surface area (Å²) in [6.07, 6.45) is 4.47. The monoisotopic (exact) mass is 530 g/mol. The van der Waals surface area contributed by atoms with Crippen molar-refractivity contribution in [1.29, 1.82) is 0 Å². The Labute approximate surface area is 236 Å². The molecule has 0 bridgehead atoms. The molecule has 1 heteroatoms. The molecule has 0 fully saturated rings. The largest absolute Gasteiger partial charge is 0.0971 e. The van der Waals surface area contributed by atoms with Gasteiger partial charge in [0, 0.05) is 0 Å². The summed E-state index contributed by atoms with van der Waals surface area (Å²) in [6, 6.07) is 51.2. The van der Waals surface area contributed by atoms with Crippen molar-refractivity contribution >= 4 is 50.8 Å². The fraction of sp³-hybridized carbons (Fsp3) is 0.0513. The minimum Gasteiger partial charge on any atom is -0.0971 e. The molecule has 7 aromatic carbocycles. The lowest BCUT2D eigenvalue weighted by molar-refractivity contribution is 1.62. The summed E-state index contributed by atoms with van der Waals surface area (Å²) in [7, 11) is 0. The summed E-state index contributed by atoms with van der Waals surface area (Å²) in [5.74, 6) is 0. The van der Waals surface area contributed by atoms with E-state index >= 15 is 0 Å². The van der Waals surface area contributed by atoms with Crippen LogP contribution in [-0.2, 0) is 0 Å².